The Balaban J connectivity index is 1.75. The van der Waals surface area contributed by atoms with Crippen molar-refractivity contribution in [2.45, 2.75) is 38.5 Å². The highest BCUT2D eigenvalue weighted by molar-refractivity contribution is 5.83. The molecule has 1 N–H and O–H groups in total. The van der Waals surface area contributed by atoms with Gasteiger partial charge in [-0.2, -0.15) is 0 Å². The van der Waals surface area contributed by atoms with E-state index in [2.05, 4.69) is 11.9 Å². The van der Waals surface area contributed by atoms with Crippen LogP contribution in [0.5, 0.6) is 0 Å². The lowest BCUT2D eigenvalue weighted by atomic mass is 9.68. The molecule has 2 fully saturated rings. The number of aliphatic hydroxyl groups is 1. The van der Waals surface area contributed by atoms with E-state index >= 15 is 0 Å². The summed E-state index contributed by atoms with van der Waals surface area (Å²) in [7, 11) is 4.07. The maximum atomic E-state index is 12.4. The van der Waals surface area contributed by atoms with Crippen molar-refractivity contribution in [3.63, 3.8) is 0 Å². The van der Waals surface area contributed by atoms with Crippen LogP contribution in [0.4, 0.5) is 0 Å². The molecule has 2 rings (SSSR count). The molecule has 1 saturated heterocycles. The predicted octanol–water partition coefficient (Wildman–Crippen LogP) is 1.34. The maximum absolute atomic E-state index is 12.4. The Hall–Kier alpha value is -0.610. The van der Waals surface area contributed by atoms with Gasteiger partial charge in [0.05, 0.1) is 12.0 Å². The predicted molar refractivity (Wildman–Crippen MR) is 75.8 cm³/mol. The van der Waals surface area contributed by atoms with Gasteiger partial charge in [-0.1, -0.05) is 6.42 Å². The first kappa shape index (κ1) is 14.8. The van der Waals surface area contributed by atoms with Gasteiger partial charge in [0.15, 0.2) is 0 Å². The van der Waals surface area contributed by atoms with Crippen LogP contribution >= 0.6 is 0 Å². The van der Waals surface area contributed by atoms with Crippen molar-refractivity contribution < 1.29 is 9.90 Å². The summed E-state index contributed by atoms with van der Waals surface area (Å²) in [6, 6.07) is 0. The number of hydrogen-bond donors (Lipinski definition) is 1. The van der Waals surface area contributed by atoms with Gasteiger partial charge in [0, 0.05) is 13.6 Å². The lowest BCUT2D eigenvalue weighted by molar-refractivity contribution is -0.149. The Bertz CT molecular complexity index is 302. The number of carbonyl (C=O) groups excluding carboxylic acids is 1. The van der Waals surface area contributed by atoms with Crippen LogP contribution in [0.1, 0.15) is 38.5 Å². The monoisotopic (exact) mass is 268 g/mol. The van der Waals surface area contributed by atoms with Gasteiger partial charge in [-0.15, -0.1) is 0 Å². The standard InChI is InChI=1S/C15H28N2O2/c1-16-9-4-13(5-10-16)6-11-17(2)14(19)15(12-18)7-3-8-15/h13,18H,3-12H2,1-2H3. The average Bonchev–Trinajstić information content (AvgIpc) is 2.37. The Morgan fingerprint density at radius 3 is 2.47 bits per heavy atom. The van der Waals surface area contributed by atoms with Crippen LogP contribution in [0.15, 0.2) is 0 Å². The van der Waals surface area contributed by atoms with E-state index in [0.29, 0.717) is 0 Å². The molecule has 4 nitrogen and oxygen atoms in total. The van der Waals surface area contributed by atoms with E-state index in [1.54, 1.807) is 0 Å². The van der Waals surface area contributed by atoms with Gasteiger partial charge in [0.2, 0.25) is 5.91 Å². The topological polar surface area (TPSA) is 43.8 Å². The van der Waals surface area contributed by atoms with Crippen molar-refractivity contribution in [1.29, 1.82) is 0 Å². The molecule has 0 aromatic carbocycles. The molecule has 1 aliphatic heterocycles. The van der Waals surface area contributed by atoms with Gasteiger partial charge < -0.3 is 14.9 Å². The first-order valence-corrected chi connectivity index (χ1v) is 7.62. The molecule has 0 spiro atoms. The largest absolute Gasteiger partial charge is 0.395 e. The lowest BCUT2D eigenvalue weighted by Gasteiger charge is -2.41. The summed E-state index contributed by atoms with van der Waals surface area (Å²) in [5.74, 6) is 0.923. The number of rotatable bonds is 5. The normalized spacial score (nSPS) is 23.9. The second-order valence-electron chi connectivity index (χ2n) is 6.55. The molecule has 1 amide bonds. The van der Waals surface area contributed by atoms with Crippen LogP contribution in [0.25, 0.3) is 0 Å². The summed E-state index contributed by atoms with van der Waals surface area (Å²) in [5, 5.41) is 9.45. The summed E-state index contributed by atoms with van der Waals surface area (Å²) in [6.07, 6.45) is 6.42. The number of hydrogen-bond acceptors (Lipinski definition) is 3. The third-order valence-corrected chi connectivity index (χ3v) is 5.12. The van der Waals surface area contributed by atoms with E-state index in [0.717, 1.165) is 38.1 Å². The van der Waals surface area contributed by atoms with Crippen LogP contribution in [0.3, 0.4) is 0 Å². The fourth-order valence-electron chi connectivity index (χ4n) is 3.28. The van der Waals surface area contributed by atoms with Gasteiger partial charge in [0.25, 0.3) is 0 Å². The van der Waals surface area contributed by atoms with E-state index in [1.165, 1.54) is 25.9 Å². The SMILES string of the molecule is CN1CCC(CCN(C)C(=O)C2(CO)CCC2)CC1. The molecule has 19 heavy (non-hydrogen) atoms. The fraction of sp³-hybridized carbons (Fsp3) is 0.933. The van der Waals surface area contributed by atoms with E-state index in [4.69, 9.17) is 0 Å². The lowest BCUT2D eigenvalue weighted by Crippen LogP contribution is -2.49. The van der Waals surface area contributed by atoms with Crippen molar-refractivity contribution in [2.24, 2.45) is 11.3 Å². The van der Waals surface area contributed by atoms with Gasteiger partial charge in [-0.25, -0.2) is 0 Å². The zero-order valence-corrected chi connectivity index (χ0v) is 12.4. The number of nitrogens with zero attached hydrogens (tertiary/aromatic N) is 2. The van der Waals surface area contributed by atoms with Crippen molar-refractivity contribution in [2.75, 3.05) is 40.3 Å². The molecule has 0 aromatic rings. The number of carbonyl (C=O) groups is 1. The van der Waals surface area contributed by atoms with Crippen LogP contribution in [0.2, 0.25) is 0 Å². The number of amides is 1. The minimum absolute atomic E-state index is 0.0183. The third-order valence-electron chi connectivity index (χ3n) is 5.12. The number of likely N-dealkylation sites (tertiary alicyclic amines) is 1. The van der Waals surface area contributed by atoms with E-state index in [9.17, 15) is 9.90 Å². The van der Waals surface area contributed by atoms with Crippen LogP contribution in [0, 0.1) is 11.3 Å². The first-order valence-electron chi connectivity index (χ1n) is 7.62. The molecular weight excluding hydrogens is 240 g/mol. The van der Waals surface area contributed by atoms with Gasteiger partial charge >= 0.3 is 0 Å². The smallest absolute Gasteiger partial charge is 0.230 e. The zero-order valence-electron chi connectivity index (χ0n) is 12.4. The molecule has 2 aliphatic rings. The zero-order chi connectivity index (χ0) is 13.9. The minimum atomic E-state index is -0.429. The van der Waals surface area contributed by atoms with Gasteiger partial charge in [-0.3, -0.25) is 4.79 Å². The van der Waals surface area contributed by atoms with Crippen LogP contribution in [-0.4, -0.2) is 61.2 Å². The molecule has 1 saturated carbocycles. The number of aliphatic hydroxyl groups excluding tert-OH is 1. The Labute approximate surface area is 116 Å². The van der Waals surface area contributed by atoms with E-state index < -0.39 is 5.41 Å². The van der Waals surface area contributed by atoms with Gasteiger partial charge in [-0.05, 0) is 58.2 Å². The summed E-state index contributed by atoms with van der Waals surface area (Å²) in [6.45, 7) is 3.23. The molecular formula is C15H28N2O2. The second kappa shape index (κ2) is 6.23. The van der Waals surface area contributed by atoms with E-state index in [-0.39, 0.29) is 12.5 Å². The van der Waals surface area contributed by atoms with Gasteiger partial charge in [0.1, 0.15) is 0 Å². The highest BCUT2D eigenvalue weighted by atomic mass is 16.3. The van der Waals surface area contributed by atoms with Crippen LogP contribution in [-0.2, 0) is 4.79 Å². The molecule has 0 aromatic heterocycles. The molecule has 110 valence electrons. The summed E-state index contributed by atoms with van der Waals surface area (Å²) in [5.41, 5.74) is -0.429. The first-order chi connectivity index (χ1) is 9.07. The quantitative estimate of drug-likeness (QED) is 0.818. The maximum Gasteiger partial charge on any atom is 0.230 e. The molecule has 0 bridgehead atoms. The molecule has 0 unspecified atom stereocenters. The molecule has 1 aliphatic carbocycles. The summed E-state index contributed by atoms with van der Waals surface area (Å²) in [4.78, 5) is 16.6. The van der Waals surface area contributed by atoms with Crippen molar-refractivity contribution in [3.8, 4) is 0 Å². The van der Waals surface area contributed by atoms with Crippen molar-refractivity contribution in [1.82, 2.24) is 9.80 Å². The highest BCUT2D eigenvalue weighted by Gasteiger charge is 2.44. The molecule has 1 heterocycles. The Morgan fingerprint density at radius 2 is 2.00 bits per heavy atom. The minimum Gasteiger partial charge on any atom is -0.395 e. The van der Waals surface area contributed by atoms with E-state index in [1.807, 2.05) is 11.9 Å². The number of piperidine rings is 1. The fourth-order valence-corrected chi connectivity index (χ4v) is 3.28. The Kier molecular flexibility index (Phi) is 4.85. The molecule has 4 heteroatoms. The highest BCUT2D eigenvalue weighted by Crippen LogP contribution is 2.41. The second-order valence-corrected chi connectivity index (χ2v) is 6.55. The third kappa shape index (κ3) is 3.29. The average molecular weight is 268 g/mol. The summed E-state index contributed by atoms with van der Waals surface area (Å²) < 4.78 is 0. The van der Waals surface area contributed by atoms with Crippen molar-refractivity contribution >= 4 is 5.91 Å². The van der Waals surface area contributed by atoms with Crippen molar-refractivity contribution in [3.05, 3.63) is 0 Å². The van der Waals surface area contributed by atoms with Crippen LogP contribution < -0.4 is 0 Å². The molecule has 0 radical (unpaired) electrons. The summed E-state index contributed by atoms with van der Waals surface area (Å²) >= 11 is 0. The molecule has 0 atom stereocenters. The Morgan fingerprint density at radius 1 is 1.37 bits per heavy atom.